The number of carbonyl (C=O) groups is 2. The number of ether oxygens (including phenoxy) is 2. The third kappa shape index (κ3) is 6.94. The van der Waals surface area contributed by atoms with Gasteiger partial charge in [0.1, 0.15) is 5.75 Å². The molecule has 0 aliphatic heterocycles. The zero-order valence-corrected chi connectivity index (χ0v) is 15.7. The molecule has 0 aliphatic rings. The highest BCUT2D eigenvalue weighted by Gasteiger charge is 2.18. The summed E-state index contributed by atoms with van der Waals surface area (Å²) in [4.78, 5) is 23.9. The first-order valence-electron chi connectivity index (χ1n) is 8.08. The van der Waals surface area contributed by atoms with Gasteiger partial charge in [-0.15, -0.1) is 0 Å². The van der Waals surface area contributed by atoms with Crippen molar-refractivity contribution in [2.75, 3.05) is 11.9 Å². The summed E-state index contributed by atoms with van der Waals surface area (Å²) in [6.07, 6.45) is -0.283. The number of benzene rings is 2. The molecule has 1 amide bonds. The number of hydrogen-bond acceptors (Lipinski definition) is 4. The molecule has 0 unspecified atom stereocenters. The number of amides is 1. The van der Waals surface area contributed by atoms with Gasteiger partial charge in [-0.2, -0.15) is 0 Å². The van der Waals surface area contributed by atoms with Gasteiger partial charge in [0.2, 0.25) is 0 Å². The first-order chi connectivity index (χ1) is 12.4. The summed E-state index contributed by atoms with van der Waals surface area (Å²) in [6, 6.07) is 14.0. The van der Waals surface area contributed by atoms with E-state index in [1.807, 2.05) is 30.3 Å². The predicted octanol–water partition coefficient (Wildman–Crippen LogP) is 4.72. The third-order valence-electron chi connectivity index (χ3n) is 3.34. The van der Waals surface area contributed by atoms with Crippen molar-refractivity contribution in [3.05, 3.63) is 58.6 Å². The van der Waals surface area contributed by atoms with Crippen LogP contribution >= 0.6 is 23.2 Å². The largest absolute Gasteiger partial charge is 0.494 e. The molecule has 2 rings (SSSR count). The Morgan fingerprint density at radius 2 is 1.73 bits per heavy atom. The van der Waals surface area contributed by atoms with E-state index in [1.165, 1.54) is 6.92 Å². The van der Waals surface area contributed by atoms with Crippen LogP contribution in [0.1, 0.15) is 19.8 Å². The van der Waals surface area contributed by atoms with E-state index in [0.29, 0.717) is 28.8 Å². The number of rotatable bonds is 8. The van der Waals surface area contributed by atoms with E-state index in [0.717, 1.165) is 5.75 Å². The van der Waals surface area contributed by atoms with Crippen molar-refractivity contribution in [1.82, 2.24) is 0 Å². The summed E-state index contributed by atoms with van der Waals surface area (Å²) in [5, 5.41) is 3.41. The fourth-order valence-electron chi connectivity index (χ4n) is 2.10. The van der Waals surface area contributed by atoms with Crippen LogP contribution in [0.2, 0.25) is 10.0 Å². The summed E-state index contributed by atoms with van der Waals surface area (Å²) in [6.45, 7) is 1.89. The third-order valence-corrected chi connectivity index (χ3v) is 3.78. The summed E-state index contributed by atoms with van der Waals surface area (Å²) in [5.74, 6) is -0.181. The lowest BCUT2D eigenvalue weighted by molar-refractivity contribution is -0.153. The Kier molecular flexibility index (Phi) is 7.75. The fraction of sp³-hybridized carbons (Fsp3) is 0.263. The maximum Gasteiger partial charge on any atom is 0.306 e. The van der Waals surface area contributed by atoms with Gasteiger partial charge in [-0.25, -0.2) is 0 Å². The average Bonchev–Trinajstić information content (AvgIpc) is 2.58. The summed E-state index contributed by atoms with van der Waals surface area (Å²) < 4.78 is 10.6. The molecular formula is C19H19Cl2NO4. The Morgan fingerprint density at radius 3 is 2.38 bits per heavy atom. The van der Waals surface area contributed by atoms with Gasteiger partial charge in [-0.1, -0.05) is 41.4 Å². The maximum atomic E-state index is 12.1. The fourth-order valence-corrected chi connectivity index (χ4v) is 2.63. The molecule has 0 bridgehead atoms. The van der Waals surface area contributed by atoms with Gasteiger partial charge >= 0.3 is 5.97 Å². The highest BCUT2D eigenvalue weighted by atomic mass is 35.5. The Labute approximate surface area is 162 Å². The van der Waals surface area contributed by atoms with E-state index in [2.05, 4.69) is 5.32 Å². The van der Waals surface area contributed by atoms with Crippen LogP contribution in [0.5, 0.6) is 5.75 Å². The second-order valence-electron chi connectivity index (χ2n) is 5.54. The molecule has 1 atom stereocenters. The normalized spacial score (nSPS) is 11.5. The first kappa shape index (κ1) is 20.1. The number of carbonyl (C=O) groups excluding carboxylic acids is 2. The van der Waals surface area contributed by atoms with Gasteiger partial charge < -0.3 is 14.8 Å². The van der Waals surface area contributed by atoms with Crippen molar-refractivity contribution >= 4 is 40.8 Å². The van der Waals surface area contributed by atoms with Gasteiger partial charge in [-0.05, 0) is 43.7 Å². The van der Waals surface area contributed by atoms with E-state index in [1.54, 1.807) is 18.2 Å². The molecule has 2 aromatic carbocycles. The molecule has 26 heavy (non-hydrogen) atoms. The van der Waals surface area contributed by atoms with Crippen molar-refractivity contribution < 1.29 is 19.1 Å². The van der Waals surface area contributed by atoms with Crippen LogP contribution in [0.25, 0.3) is 0 Å². The molecule has 0 aliphatic carbocycles. The van der Waals surface area contributed by atoms with Crippen LogP contribution in [-0.4, -0.2) is 24.6 Å². The summed E-state index contributed by atoms with van der Waals surface area (Å²) >= 11 is 11.8. The number of hydrogen-bond donors (Lipinski definition) is 1. The monoisotopic (exact) mass is 395 g/mol. The molecule has 5 nitrogen and oxygen atoms in total. The number of anilines is 1. The van der Waals surface area contributed by atoms with Crippen LogP contribution in [0.4, 0.5) is 5.69 Å². The van der Waals surface area contributed by atoms with Crippen LogP contribution in [0, 0.1) is 0 Å². The summed E-state index contributed by atoms with van der Waals surface area (Å²) in [5.41, 5.74) is 0.437. The van der Waals surface area contributed by atoms with Crippen molar-refractivity contribution in [3.8, 4) is 5.75 Å². The van der Waals surface area contributed by atoms with Gasteiger partial charge in [0.05, 0.1) is 6.61 Å². The SMILES string of the molecule is C[C@@H](OC(=O)CCCOc1ccccc1)C(=O)Nc1cc(Cl)cc(Cl)c1. The predicted molar refractivity (Wildman–Crippen MR) is 102 cm³/mol. The zero-order valence-electron chi connectivity index (χ0n) is 14.2. The van der Waals surface area contributed by atoms with Crippen LogP contribution in [0.15, 0.2) is 48.5 Å². The lowest BCUT2D eigenvalue weighted by Gasteiger charge is -2.14. The van der Waals surface area contributed by atoms with Crippen LogP contribution < -0.4 is 10.1 Å². The zero-order chi connectivity index (χ0) is 18.9. The molecule has 0 saturated carbocycles. The van der Waals surface area contributed by atoms with Gasteiger partial charge in [0.25, 0.3) is 5.91 Å². The van der Waals surface area contributed by atoms with Gasteiger partial charge in [0.15, 0.2) is 6.10 Å². The minimum atomic E-state index is -0.935. The van der Waals surface area contributed by atoms with Crippen molar-refractivity contribution in [2.24, 2.45) is 0 Å². The Morgan fingerprint density at radius 1 is 1.08 bits per heavy atom. The lowest BCUT2D eigenvalue weighted by Crippen LogP contribution is -2.30. The first-order valence-corrected chi connectivity index (χ1v) is 8.84. The highest BCUT2D eigenvalue weighted by Crippen LogP contribution is 2.22. The smallest absolute Gasteiger partial charge is 0.306 e. The molecule has 0 spiro atoms. The van der Waals surface area contributed by atoms with Crippen molar-refractivity contribution in [1.29, 1.82) is 0 Å². The van der Waals surface area contributed by atoms with E-state index in [9.17, 15) is 9.59 Å². The van der Waals surface area contributed by atoms with Crippen molar-refractivity contribution in [2.45, 2.75) is 25.9 Å². The molecule has 0 radical (unpaired) electrons. The number of esters is 1. The molecule has 0 fully saturated rings. The van der Waals surface area contributed by atoms with Gasteiger partial charge in [0, 0.05) is 22.2 Å². The molecule has 7 heteroatoms. The lowest BCUT2D eigenvalue weighted by atomic mass is 10.3. The Balaban J connectivity index is 1.71. The molecule has 2 aromatic rings. The van der Waals surface area contributed by atoms with Crippen LogP contribution in [0.3, 0.4) is 0 Å². The highest BCUT2D eigenvalue weighted by molar-refractivity contribution is 6.35. The molecule has 1 N–H and O–H groups in total. The number of halogens is 2. The van der Waals surface area contributed by atoms with E-state index in [4.69, 9.17) is 32.7 Å². The molecule has 0 aromatic heterocycles. The second kappa shape index (κ2) is 10.0. The number of nitrogens with one attached hydrogen (secondary N) is 1. The summed E-state index contributed by atoms with van der Waals surface area (Å²) in [7, 11) is 0. The van der Waals surface area contributed by atoms with Crippen LogP contribution in [-0.2, 0) is 14.3 Å². The average molecular weight is 396 g/mol. The second-order valence-corrected chi connectivity index (χ2v) is 6.42. The molecule has 138 valence electrons. The quantitative estimate of drug-likeness (QED) is 0.518. The van der Waals surface area contributed by atoms with Gasteiger partial charge in [-0.3, -0.25) is 9.59 Å². The van der Waals surface area contributed by atoms with E-state index < -0.39 is 18.0 Å². The number of para-hydroxylation sites is 1. The minimum Gasteiger partial charge on any atom is -0.494 e. The molecule has 0 heterocycles. The topological polar surface area (TPSA) is 64.6 Å². The standard InChI is InChI=1S/C19H19Cl2NO4/c1-13(19(24)22-16-11-14(20)10-15(21)12-16)26-18(23)8-5-9-25-17-6-3-2-4-7-17/h2-4,6-7,10-13H,5,8-9H2,1H3,(H,22,24)/t13-/m1/s1. The van der Waals surface area contributed by atoms with E-state index in [-0.39, 0.29) is 6.42 Å². The molecular weight excluding hydrogens is 377 g/mol. The van der Waals surface area contributed by atoms with E-state index >= 15 is 0 Å². The Hall–Kier alpha value is -2.24. The minimum absolute atomic E-state index is 0.160. The molecule has 0 saturated heterocycles. The Bertz CT molecular complexity index is 732. The van der Waals surface area contributed by atoms with Crippen molar-refractivity contribution in [3.63, 3.8) is 0 Å². The maximum absolute atomic E-state index is 12.1.